The predicted molar refractivity (Wildman–Crippen MR) is 115 cm³/mol. The molecule has 2 aliphatic heterocycles. The Labute approximate surface area is 186 Å². The van der Waals surface area contributed by atoms with Crippen LogP contribution in [0.15, 0.2) is 0 Å². The fourth-order valence-electron chi connectivity index (χ4n) is 10.2. The quantitative estimate of drug-likeness (QED) is 0.467. The van der Waals surface area contributed by atoms with E-state index in [4.69, 9.17) is 18.9 Å². The molecule has 0 amide bonds. The molecule has 4 saturated carbocycles. The SMILES string of the molecule is CC(=O)O[C@H]1CC[C@]2(C)[C@H]3CC[C@]4(C)[C@@H](C5(C)OCCO5)[C@H](C)C[C@H]4[C@@H]3C[C@@H]3O[C@@]32C1. The Kier molecular flexibility index (Phi) is 4.37. The van der Waals surface area contributed by atoms with Crippen LogP contribution in [0.5, 0.6) is 0 Å². The summed E-state index contributed by atoms with van der Waals surface area (Å²) in [4.78, 5) is 11.6. The van der Waals surface area contributed by atoms with E-state index < -0.39 is 5.79 Å². The molecule has 2 saturated heterocycles. The topological polar surface area (TPSA) is 57.3 Å². The second-order valence-electron chi connectivity index (χ2n) is 12.4. The number of epoxide rings is 1. The molecule has 0 bridgehead atoms. The Morgan fingerprint density at radius 2 is 1.74 bits per heavy atom. The van der Waals surface area contributed by atoms with E-state index in [2.05, 4.69) is 27.7 Å². The number of hydrogen-bond donors (Lipinski definition) is 0. The van der Waals surface area contributed by atoms with Crippen molar-refractivity contribution in [1.29, 1.82) is 0 Å². The van der Waals surface area contributed by atoms with Crippen LogP contribution in [0.2, 0.25) is 0 Å². The summed E-state index contributed by atoms with van der Waals surface area (Å²) in [7, 11) is 0. The van der Waals surface area contributed by atoms with Gasteiger partial charge in [0.05, 0.1) is 19.3 Å². The van der Waals surface area contributed by atoms with Crippen LogP contribution in [-0.2, 0) is 23.7 Å². The average Bonchev–Trinajstić information content (AvgIpc) is 3.06. The molecule has 0 aromatic carbocycles. The summed E-state index contributed by atoms with van der Waals surface area (Å²) >= 11 is 0. The lowest BCUT2D eigenvalue weighted by Gasteiger charge is -2.60. The van der Waals surface area contributed by atoms with Gasteiger partial charge in [0.2, 0.25) is 0 Å². The highest BCUT2D eigenvalue weighted by molar-refractivity contribution is 5.66. The van der Waals surface area contributed by atoms with Gasteiger partial charge in [-0.25, -0.2) is 0 Å². The number of fused-ring (bicyclic) bond motifs is 4. The standard InChI is InChI=1S/C26H40O5/c1-15-12-20-18-13-21-26(31-21)14-17(30-16(2)27)6-9-24(26,4)19(18)7-8-23(20,3)22(15)25(5)28-10-11-29-25/h15,17-22H,6-14H2,1-5H3/t15-,17+,18-,19+,20+,21+,22+,23+,24-,26+/m1/s1. The summed E-state index contributed by atoms with van der Waals surface area (Å²) in [5, 5.41) is 0. The molecule has 6 aliphatic rings. The van der Waals surface area contributed by atoms with E-state index >= 15 is 0 Å². The van der Waals surface area contributed by atoms with Gasteiger partial charge in [-0.2, -0.15) is 0 Å². The predicted octanol–water partition coefficient (Wildman–Crippen LogP) is 4.72. The fourth-order valence-corrected chi connectivity index (χ4v) is 10.2. The number of carbonyl (C=O) groups excluding carboxylic acids is 1. The van der Waals surface area contributed by atoms with Crippen molar-refractivity contribution in [3.63, 3.8) is 0 Å². The maximum Gasteiger partial charge on any atom is 0.302 e. The van der Waals surface area contributed by atoms with Crippen LogP contribution in [0, 0.1) is 40.4 Å². The Balaban J connectivity index is 1.29. The number of hydrogen-bond acceptors (Lipinski definition) is 5. The number of esters is 1. The zero-order chi connectivity index (χ0) is 21.8. The molecule has 5 nitrogen and oxygen atoms in total. The lowest BCUT2D eigenvalue weighted by molar-refractivity contribution is -0.224. The largest absolute Gasteiger partial charge is 0.462 e. The summed E-state index contributed by atoms with van der Waals surface area (Å²) in [6.07, 6.45) is 8.41. The summed E-state index contributed by atoms with van der Waals surface area (Å²) in [5.74, 6) is 2.68. The smallest absolute Gasteiger partial charge is 0.302 e. The minimum absolute atomic E-state index is 0.0356. The van der Waals surface area contributed by atoms with Crippen molar-refractivity contribution < 1.29 is 23.7 Å². The third-order valence-electron chi connectivity index (χ3n) is 11.1. The normalized spacial score (nSPS) is 56.7. The molecular weight excluding hydrogens is 392 g/mol. The van der Waals surface area contributed by atoms with Gasteiger partial charge in [-0.15, -0.1) is 0 Å². The van der Waals surface area contributed by atoms with E-state index in [1.807, 2.05) is 0 Å². The zero-order valence-electron chi connectivity index (χ0n) is 19.9. The van der Waals surface area contributed by atoms with E-state index in [1.165, 1.54) is 32.6 Å². The van der Waals surface area contributed by atoms with Crippen LogP contribution in [0.1, 0.15) is 79.6 Å². The van der Waals surface area contributed by atoms with Crippen LogP contribution in [0.25, 0.3) is 0 Å². The molecule has 31 heavy (non-hydrogen) atoms. The van der Waals surface area contributed by atoms with Gasteiger partial charge in [-0.05, 0) is 74.5 Å². The van der Waals surface area contributed by atoms with Gasteiger partial charge in [0.15, 0.2) is 5.79 Å². The monoisotopic (exact) mass is 432 g/mol. The molecule has 6 fully saturated rings. The Bertz CT molecular complexity index is 776. The minimum Gasteiger partial charge on any atom is -0.462 e. The van der Waals surface area contributed by atoms with Crippen molar-refractivity contribution in [2.24, 2.45) is 40.4 Å². The van der Waals surface area contributed by atoms with E-state index in [9.17, 15) is 4.79 Å². The second kappa shape index (κ2) is 6.48. The third kappa shape index (κ3) is 2.63. The van der Waals surface area contributed by atoms with E-state index in [-0.39, 0.29) is 28.5 Å². The number of rotatable bonds is 2. The molecule has 0 radical (unpaired) electrons. The van der Waals surface area contributed by atoms with Crippen LogP contribution in [0.3, 0.4) is 0 Å². The maximum atomic E-state index is 11.6. The fraction of sp³-hybridized carbons (Fsp3) is 0.962. The van der Waals surface area contributed by atoms with E-state index in [1.54, 1.807) is 0 Å². The zero-order valence-corrected chi connectivity index (χ0v) is 19.9. The van der Waals surface area contributed by atoms with Gasteiger partial charge in [-0.3, -0.25) is 4.79 Å². The van der Waals surface area contributed by atoms with Crippen molar-refractivity contribution >= 4 is 5.97 Å². The van der Waals surface area contributed by atoms with Gasteiger partial charge >= 0.3 is 5.97 Å². The number of carbonyl (C=O) groups is 1. The molecule has 10 atom stereocenters. The molecule has 0 aromatic rings. The summed E-state index contributed by atoms with van der Waals surface area (Å²) in [6.45, 7) is 12.7. The van der Waals surface area contributed by atoms with Crippen LogP contribution in [-0.4, -0.2) is 42.8 Å². The molecule has 0 unspecified atom stereocenters. The van der Waals surface area contributed by atoms with E-state index in [0.717, 1.165) is 44.3 Å². The Morgan fingerprint density at radius 1 is 1.00 bits per heavy atom. The van der Waals surface area contributed by atoms with E-state index in [0.29, 0.717) is 23.9 Å². The Morgan fingerprint density at radius 3 is 2.45 bits per heavy atom. The molecule has 174 valence electrons. The maximum absolute atomic E-state index is 11.6. The van der Waals surface area contributed by atoms with Crippen LogP contribution >= 0.6 is 0 Å². The molecule has 0 N–H and O–H groups in total. The van der Waals surface area contributed by atoms with Crippen molar-refractivity contribution in [2.45, 2.75) is 103 Å². The summed E-state index contributed by atoms with van der Waals surface area (Å²) < 4.78 is 24.7. The molecular formula is C26H40O5. The first-order valence-electron chi connectivity index (χ1n) is 12.8. The van der Waals surface area contributed by atoms with Gasteiger partial charge in [-0.1, -0.05) is 20.8 Å². The first kappa shape index (κ1) is 20.9. The Hall–Kier alpha value is -0.650. The molecule has 4 aliphatic carbocycles. The van der Waals surface area contributed by atoms with Crippen molar-refractivity contribution in [2.75, 3.05) is 13.2 Å². The van der Waals surface area contributed by atoms with Crippen molar-refractivity contribution in [3.05, 3.63) is 0 Å². The second-order valence-corrected chi connectivity index (χ2v) is 12.4. The molecule has 1 spiro atoms. The molecule has 6 rings (SSSR count). The molecule has 2 heterocycles. The average molecular weight is 433 g/mol. The highest BCUT2D eigenvalue weighted by Crippen LogP contribution is 2.75. The lowest BCUT2D eigenvalue weighted by atomic mass is 9.44. The van der Waals surface area contributed by atoms with Gasteiger partial charge in [0.1, 0.15) is 11.7 Å². The molecule has 5 heteroatoms. The van der Waals surface area contributed by atoms with Crippen molar-refractivity contribution in [1.82, 2.24) is 0 Å². The van der Waals surface area contributed by atoms with Crippen molar-refractivity contribution in [3.8, 4) is 0 Å². The van der Waals surface area contributed by atoms with Gasteiger partial charge < -0.3 is 18.9 Å². The third-order valence-corrected chi connectivity index (χ3v) is 11.1. The van der Waals surface area contributed by atoms with Gasteiger partial charge in [0, 0.05) is 24.7 Å². The van der Waals surface area contributed by atoms with Crippen LogP contribution < -0.4 is 0 Å². The van der Waals surface area contributed by atoms with Gasteiger partial charge in [0.25, 0.3) is 0 Å². The highest BCUT2D eigenvalue weighted by Gasteiger charge is 2.77. The van der Waals surface area contributed by atoms with Crippen LogP contribution in [0.4, 0.5) is 0 Å². The summed E-state index contributed by atoms with van der Waals surface area (Å²) in [6, 6.07) is 0. The minimum atomic E-state index is -0.420. The first-order valence-corrected chi connectivity index (χ1v) is 12.8. The molecule has 0 aromatic heterocycles. The summed E-state index contributed by atoms with van der Waals surface area (Å²) in [5.41, 5.74) is 0.442. The first-order chi connectivity index (χ1) is 14.6. The lowest BCUT2D eigenvalue weighted by Crippen LogP contribution is -2.59. The number of ether oxygens (including phenoxy) is 4. The highest BCUT2D eigenvalue weighted by atomic mass is 16.7.